The quantitative estimate of drug-likeness (QED) is 0.133. The Morgan fingerprint density at radius 3 is 0.898 bits per heavy atom. The van der Waals surface area contributed by atoms with Crippen LogP contribution in [0.3, 0.4) is 0 Å². The number of nitrogens with zero attached hydrogens (tertiary/aromatic N) is 11. The maximum Gasteiger partial charge on any atom is 0.307 e. The molecule has 30 rings (SSSR count). The van der Waals surface area contributed by atoms with Gasteiger partial charge in [0.25, 0.3) is 0 Å². The highest BCUT2D eigenvalue weighted by molar-refractivity contribution is 6.17. The number of hydrogen-bond acceptors (Lipinski definition) is 13. The Morgan fingerprint density at radius 1 is 0.219 bits per heavy atom. The zero-order valence-corrected chi connectivity index (χ0v) is 73.6. The molecule has 0 amide bonds. The molecule has 0 radical (unpaired) electrons. The second kappa shape index (κ2) is 30.3. The van der Waals surface area contributed by atoms with Crippen molar-refractivity contribution in [2.24, 2.45) is 0 Å². The van der Waals surface area contributed by atoms with Crippen LogP contribution in [-0.2, 0) is 5.41 Å². The smallest absolute Gasteiger partial charge is 0.307 e. The third-order valence-electron chi connectivity index (χ3n) is 27.5. The number of aromatic nitrogens is 11. The molecule has 0 saturated carbocycles. The molecule has 0 bridgehead atoms. The number of imidazole rings is 3. The third kappa shape index (κ3) is 12.1. The summed E-state index contributed by atoms with van der Waals surface area (Å²) < 4.78 is 38.1. The summed E-state index contributed by atoms with van der Waals surface area (Å²) in [6.07, 6.45) is 7.42. The largest absolute Gasteiger partial charge is 0.455 e. The van der Waals surface area contributed by atoms with Crippen molar-refractivity contribution in [3.63, 3.8) is 0 Å². The first-order chi connectivity index (χ1) is 67.7. The molecule has 16 aromatic carbocycles. The van der Waals surface area contributed by atoms with Gasteiger partial charge in [-0.3, -0.25) is 23.2 Å². The van der Waals surface area contributed by atoms with Crippen LogP contribution in [0, 0.1) is 0 Å². The van der Waals surface area contributed by atoms with Gasteiger partial charge in [0.2, 0.25) is 0 Å². The van der Waals surface area contributed by atoms with Crippen molar-refractivity contribution in [2.45, 2.75) is 19.3 Å². The lowest BCUT2D eigenvalue weighted by molar-refractivity contribution is 0.642. The molecule has 642 valence electrons. The zero-order valence-electron chi connectivity index (χ0n) is 73.6. The van der Waals surface area contributed by atoms with Gasteiger partial charge in [-0.15, -0.1) is 0 Å². The molecule has 13 heterocycles. The first kappa shape index (κ1) is 77.2. The van der Waals surface area contributed by atoms with E-state index in [1.54, 1.807) is 6.20 Å². The summed E-state index contributed by atoms with van der Waals surface area (Å²) in [7, 11) is 0. The van der Waals surface area contributed by atoms with Gasteiger partial charge in [0.05, 0.1) is 50.2 Å². The number of para-hydroxylation sites is 13. The molecule has 16 nitrogen and oxygen atoms in total. The summed E-state index contributed by atoms with van der Waals surface area (Å²) in [6.45, 7) is 4.67. The standard InChI is InChI=1S/C42H28N4O.C40H23N3O2.C39H22N4O2/c1-42(2)33-22-27(17-19-30(33)31-20-18-28(23-34(31)42)29-8-7-21-43-24-29)25-13-15-26(16-14-25)38-40-39(32-9-3-4-10-35(32)44-38)45-41-46(40)36-11-5-6-12-37(36)47-41;1-2-10-24(11-3-1)27-13-8-15-29-30-16-9-14-28(39(30)45-38(27)29)25-20-22-26(23-21-25)35-37-36(31-12-4-5-17-32(31)41-35)42-40-43(37)33-18-6-7-19-34(33)44-40;1-2-14-31-30(9-1)35-36(43-32-15-3-4-16-33(32)44-39(43)42-35)34(41-31)24-19-17-23(18-20-24)26-10-5-12-28-29-13-6-11-27(38(29)45-37(26)28)25-8-7-21-40-22-25/h3-24H,1-2H3;1-23H;1-22H. The molecule has 137 heavy (non-hydrogen) atoms. The second-order valence-electron chi connectivity index (χ2n) is 35.6. The van der Waals surface area contributed by atoms with E-state index in [-0.39, 0.29) is 5.41 Å². The highest BCUT2D eigenvalue weighted by Gasteiger charge is 2.37. The summed E-state index contributed by atoms with van der Waals surface area (Å²) in [5.41, 5.74) is 41.1. The van der Waals surface area contributed by atoms with Crippen molar-refractivity contribution < 1.29 is 22.1 Å². The van der Waals surface area contributed by atoms with Gasteiger partial charge in [-0.05, 0) is 140 Å². The first-order valence-corrected chi connectivity index (χ1v) is 45.8. The van der Waals surface area contributed by atoms with E-state index in [2.05, 4.69) is 298 Å². The molecular formula is C121H73N11O5. The summed E-state index contributed by atoms with van der Waals surface area (Å²) in [6, 6.07) is 132. The minimum absolute atomic E-state index is 0.125. The maximum atomic E-state index is 6.68. The van der Waals surface area contributed by atoms with Crippen LogP contribution in [0.1, 0.15) is 25.0 Å². The number of fused-ring (bicyclic) bond motifs is 30. The fourth-order valence-electron chi connectivity index (χ4n) is 21.0. The van der Waals surface area contributed by atoms with Crippen molar-refractivity contribution in [2.75, 3.05) is 0 Å². The van der Waals surface area contributed by atoms with Gasteiger partial charge < -0.3 is 22.1 Å². The molecule has 0 N–H and O–H groups in total. The summed E-state index contributed by atoms with van der Waals surface area (Å²) in [5.74, 6) is 1.70. The minimum atomic E-state index is -0.125. The molecule has 29 aromatic rings. The minimum Gasteiger partial charge on any atom is -0.455 e. The molecule has 0 atom stereocenters. The van der Waals surface area contributed by atoms with E-state index in [4.69, 9.17) is 52.0 Å². The van der Waals surface area contributed by atoms with Gasteiger partial charge in [-0.2, -0.15) is 15.0 Å². The molecule has 13 aromatic heterocycles. The lowest BCUT2D eigenvalue weighted by atomic mass is 9.81. The number of benzene rings is 16. The average molecular weight is 1760 g/mol. The Hall–Kier alpha value is -18.5. The van der Waals surface area contributed by atoms with E-state index in [1.807, 2.05) is 140 Å². The Balaban J connectivity index is 0.000000102. The lowest BCUT2D eigenvalue weighted by Gasteiger charge is -2.22. The van der Waals surface area contributed by atoms with E-state index in [1.165, 1.54) is 38.9 Å². The van der Waals surface area contributed by atoms with Gasteiger partial charge in [0.15, 0.2) is 16.7 Å². The normalized spacial score (nSPS) is 12.5. The summed E-state index contributed by atoms with van der Waals surface area (Å²) >= 11 is 0. The molecule has 0 fully saturated rings. The van der Waals surface area contributed by atoms with Crippen molar-refractivity contribution in [3.8, 4) is 112 Å². The second-order valence-corrected chi connectivity index (χ2v) is 35.6. The molecular weight excluding hydrogens is 1690 g/mol. The van der Waals surface area contributed by atoms with Crippen molar-refractivity contribution in [3.05, 3.63) is 418 Å². The first-order valence-electron chi connectivity index (χ1n) is 45.8. The molecule has 1 aliphatic carbocycles. The Bertz CT molecular complexity index is 9620. The fourth-order valence-corrected chi connectivity index (χ4v) is 21.0. The molecule has 0 saturated heterocycles. The zero-order chi connectivity index (χ0) is 90.2. The monoisotopic (exact) mass is 1760 g/mol. The van der Waals surface area contributed by atoms with Crippen LogP contribution in [0.25, 0.3) is 272 Å². The average Bonchev–Trinajstić information content (AvgIpc) is 1.56. The summed E-state index contributed by atoms with van der Waals surface area (Å²) in [4.78, 5) is 39.1. The molecule has 0 aliphatic heterocycles. The molecule has 0 unspecified atom stereocenters. The van der Waals surface area contributed by atoms with Crippen LogP contribution in [-0.4, -0.2) is 53.1 Å². The van der Waals surface area contributed by atoms with Crippen LogP contribution in [0.4, 0.5) is 0 Å². The van der Waals surface area contributed by atoms with E-state index in [0.717, 1.165) is 227 Å². The predicted octanol–water partition coefficient (Wildman–Crippen LogP) is 31.2. The SMILES string of the molecule is CC1(C)c2cc(-c3ccc(-c4nc5ccccc5c5nc6oc7ccccc7n6c45)cc3)ccc2-c2ccc(-c3cccnc3)cc21.c1ccc(-c2cccc3c2oc2c(-c4ccc(-c5nc6ccccc6c6nc7oc8ccccc8n7c56)cc4)cccc23)cc1.c1cncc(-c2cccc3c2oc2c(-c4ccc(-c5nc6ccccc6c6nc7oc8ccccc8n7c56)cc4)cccc23)c1. The van der Waals surface area contributed by atoms with Gasteiger partial charge in [0, 0.05) is 112 Å². The van der Waals surface area contributed by atoms with E-state index >= 15 is 0 Å². The predicted molar refractivity (Wildman–Crippen MR) is 550 cm³/mol. The number of furan rings is 2. The van der Waals surface area contributed by atoms with Gasteiger partial charge in [0.1, 0.15) is 55.4 Å². The highest BCUT2D eigenvalue weighted by atomic mass is 16.4. The van der Waals surface area contributed by atoms with Gasteiger partial charge >= 0.3 is 17.5 Å². The number of rotatable bonds is 9. The third-order valence-corrected chi connectivity index (χ3v) is 27.5. The number of oxazole rings is 3. The topological polar surface area (TPSA) is 182 Å². The number of hydrogen-bond donors (Lipinski definition) is 0. The van der Waals surface area contributed by atoms with Crippen LogP contribution in [0.2, 0.25) is 0 Å². The number of pyridine rings is 5. The lowest BCUT2D eigenvalue weighted by Crippen LogP contribution is -2.15. The van der Waals surface area contributed by atoms with Crippen molar-refractivity contribution >= 4 is 161 Å². The summed E-state index contributed by atoms with van der Waals surface area (Å²) in [5, 5.41) is 7.41. The van der Waals surface area contributed by atoms with Crippen molar-refractivity contribution in [1.82, 2.24) is 53.1 Å². The fraction of sp³-hybridized carbons (Fsp3) is 0.0248. The van der Waals surface area contributed by atoms with Gasteiger partial charge in [-0.1, -0.05) is 317 Å². The van der Waals surface area contributed by atoms with Crippen LogP contribution < -0.4 is 0 Å². The van der Waals surface area contributed by atoms with Crippen LogP contribution >= 0.6 is 0 Å². The van der Waals surface area contributed by atoms with Crippen molar-refractivity contribution in [1.29, 1.82) is 0 Å². The van der Waals surface area contributed by atoms with Gasteiger partial charge in [-0.25, -0.2) is 15.0 Å². The highest BCUT2D eigenvalue weighted by Crippen LogP contribution is 2.52. The van der Waals surface area contributed by atoms with E-state index < -0.39 is 0 Å². The van der Waals surface area contributed by atoms with Crippen LogP contribution in [0.5, 0.6) is 0 Å². The van der Waals surface area contributed by atoms with E-state index in [9.17, 15) is 0 Å². The molecule has 1 aliphatic rings. The Labute approximate surface area is 779 Å². The molecule has 0 spiro atoms. The Kier molecular flexibility index (Phi) is 17.1. The van der Waals surface area contributed by atoms with Crippen LogP contribution in [0.15, 0.2) is 429 Å². The Morgan fingerprint density at radius 2 is 0.518 bits per heavy atom. The van der Waals surface area contributed by atoms with E-state index in [0.29, 0.717) is 17.5 Å². The maximum absolute atomic E-state index is 6.68. The molecule has 16 heteroatoms.